The van der Waals surface area contributed by atoms with Crippen molar-refractivity contribution in [2.24, 2.45) is 0 Å². The van der Waals surface area contributed by atoms with E-state index in [0.29, 0.717) is 13.0 Å². The molecule has 0 fully saturated rings. The second-order valence-corrected chi connectivity index (χ2v) is 6.43. The zero-order valence-corrected chi connectivity index (χ0v) is 12.5. The first-order valence-corrected chi connectivity index (χ1v) is 8.24. The number of benzene rings is 1. The number of rotatable bonds is 8. The predicted molar refractivity (Wildman–Crippen MR) is 75.2 cm³/mol. The van der Waals surface area contributed by atoms with Crippen LogP contribution in [-0.2, 0) is 22.7 Å². The van der Waals surface area contributed by atoms with Gasteiger partial charge >= 0.3 is 6.18 Å². The van der Waals surface area contributed by atoms with Crippen LogP contribution in [0.2, 0.25) is 0 Å². The van der Waals surface area contributed by atoms with E-state index < -0.39 is 21.8 Å². The van der Waals surface area contributed by atoms with E-state index in [1.165, 1.54) is 18.2 Å². The van der Waals surface area contributed by atoms with Gasteiger partial charge in [-0.2, -0.15) is 13.2 Å². The molecular weight excluding hydrogens is 305 g/mol. The van der Waals surface area contributed by atoms with Crippen molar-refractivity contribution in [1.29, 1.82) is 0 Å². The van der Waals surface area contributed by atoms with Gasteiger partial charge in [0.1, 0.15) is 0 Å². The van der Waals surface area contributed by atoms with E-state index >= 15 is 0 Å². The summed E-state index contributed by atoms with van der Waals surface area (Å²) >= 11 is 0. The molecule has 0 unspecified atom stereocenters. The van der Waals surface area contributed by atoms with Gasteiger partial charge in [-0.1, -0.05) is 25.1 Å². The summed E-state index contributed by atoms with van der Waals surface area (Å²) < 4.78 is 63.9. The summed E-state index contributed by atoms with van der Waals surface area (Å²) in [7, 11) is -3.58. The highest BCUT2D eigenvalue weighted by Crippen LogP contribution is 2.31. The van der Waals surface area contributed by atoms with Crippen molar-refractivity contribution in [1.82, 2.24) is 10.0 Å². The molecule has 0 spiro atoms. The summed E-state index contributed by atoms with van der Waals surface area (Å²) in [4.78, 5) is 0. The van der Waals surface area contributed by atoms with Gasteiger partial charge in [0.05, 0.1) is 11.3 Å². The van der Waals surface area contributed by atoms with Gasteiger partial charge in [-0.25, -0.2) is 13.1 Å². The summed E-state index contributed by atoms with van der Waals surface area (Å²) in [5.41, 5.74) is -0.902. The maximum absolute atomic E-state index is 12.8. The minimum Gasteiger partial charge on any atom is -0.317 e. The van der Waals surface area contributed by atoms with Crippen molar-refractivity contribution in [2.45, 2.75) is 26.1 Å². The van der Waals surface area contributed by atoms with Crippen LogP contribution < -0.4 is 10.0 Å². The molecular formula is C13H19F3N2O2S. The van der Waals surface area contributed by atoms with Crippen LogP contribution in [0.4, 0.5) is 13.2 Å². The second-order valence-electron chi connectivity index (χ2n) is 4.50. The smallest absolute Gasteiger partial charge is 0.317 e. The predicted octanol–water partition coefficient (Wildman–Crippen LogP) is 2.12. The number of hydrogen-bond donors (Lipinski definition) is 2. The Hall–Kier alpha value is -1.12. The number of halogens is 3. The molecule has 0 atom stereocenters. The van der Waals surface area contributed by atoms with Gasteiger partial charge in [0.2, 0.25) is 10.0 Å². The quantitative estimate of drug-likeness (QED) is 0.720. The summed E-state index contributed by atoms with van der Waals surface area (Å²) in [5, 5.41) is 2.98. The topological polar surface area (TPSA) is 58.2 Å². The number of alkyl halides is 3. The zero-order chi connectivity index (χ0) is 15.9. The fraction of sp³-hybridized carbons (Fsp3) is 0.538. The molecule has 0 aromatic heterocycles. The Labute approximate surface area is 122 Å². The average molecular weight is 324 g/mol. The van der Waals surface area contributed by atoms with Crippen molar-refractivity contribution in [3.63, 3.8) is 0 Å². The normalized spacial score (nSPS) is 12.6. The van der Waals surface area contributed by atoms with Gasteiger partial charge < -0.3 is 5.32 Å². The van der Waals surface area contributed by atoms with E-state index in [0.717, 1.165) is 12.6 Å². The molecule has 1 aromatic rings. The highest BCUT2D eigenvalue weighted by molar-refractivity contribution is 7.89. The Morgan fingerprint density at radius 3 is 2.48 bits per heavy atom. The first-order valence-electron chi connectivity index (χ1n) is 6.59. The minimum atomic E-state index is -4.49. The molecule has 4 nitrogen and oxygen atoms in total. The Bertz CT molecular complexity index is 545. The minimum absolute atomic E-state index is 0.0831. The van der Waals surface area contributed by atoms with Crippen LogP contribution in [0, 0.1) is 0 Å². The number of sulfonamides is 1. The third-order valence-electron chi connectivity index (χ3n) is 2.82. The van der Waals surface area contributed by atoms with E-state index in [1.54, 1.807) is 0 Å². The highest BCUT2D eigenvalue weighted by Gasteiger charge is 2.32. The van der Waals surface area contributed by atoms with Crippen LogP contribution in [0.5, 0.6) is 0 Å². The van der Waals surface area contributed by atoms with Crippen molar-refractivity contribution >= 4 is 10.0 Å². The molecule has 0 aliphatic heterocycles. The van der Waals surface area contributed by atoms with Gasteiger partial charge in [0.25, 0.3) is 0 Å². The Kier molecular flexibility index (Phi) is 6.63. The molecule has 120 valence electrons. The van der Waals surface area contributed by atoms with Crippen LogP contribution in [0.15, 0.2) is 24.3 Å². The monoisotopic (exact) mass is 324 g/mol. The standard InChI is InChI=1S/C13H19F3N2O2S/c1-2-17-8-5-9-21(19,20)18-10-11-6-3-4-7-12(11)13(14,15)16/h3-4,6-7,17-18H,2,5,8-10H2,1H3. The van der Waals surface area contributed by atoms with Gasteiger partial charge in [0, 0.05) is 6.54 Å². The van der Waals surface area contributed by atoms with Crippen LogP contribution in [0.1, 0.15) is 24.5 Å². The maximum atomic E-state index is 12.8. The summed E-state index contributed by atoms with van der Waals surface area (Å²) in [6.45, 7) is 2.84. The third-order valence-corrected chi connectivity index (χ3v) is 4.23. The fourth-order valence-electron chi connectivity index (χ4n) is 1.77. The van der Waals surface area contributed by atoms with Gasteiger partial charge in [-0.3, -0.25) is 0 Å². The molecule has 0 saturated carbocycles. The molecule has 0 aliphatic carbocycles. The molecule has 21 heavy (non-hydrogen) atoms. The third kappa shape index (κ3) is 6.45. The molecule has 0 bridgehead atoms. The lowest BCUT2D eigenvalue weighted by atomic mass is 10.1. The Balaban J connectivity index is 2.63. The fourth-order valence-corrected chi connectivity index (χ4v) is 2.82. The molecule has 8 heteroatoms. The van der Waals surface area contributed by atoms with Gasteiger partial charge in [-0.05, 0) is 31.1 Å². The summed E-state index contributed by atoms with van der Waals surface area (Å²) in [5.74, 6) is -0.117. The molecule has 0 amide bonds. The van der Waals surface area contributed by atoms with Crippen LogP contribution >= 0.6 is 0 Å². The molecule has 1 aromatic carbocycles. The Morgan fingerprint density at radius 2 is 1.86 bits per heavy atom. The first-order chi connectivity index (χ1) is 9.76. The lowest BCUT2D eigenvalue weighted by molar-refractivity contribution is -0.138. The van der Waals surface area contributed by atoms with Crippen molar-refractivity contribution < 1.29 is 21.6 Å². The molecule has 0 saturated heterocycles. The molecule has 0 heterocycles. The van der Waals surface area contributed by atoms with Crippen molar-refractivity contribution in [2.75, 3.05) is 18.8 Å². The van der Waals surface area contributed by atoms with E-state index in [4.69, 9.17) is 0 Å². The Morgan fingerprint density at radius 1 is 1.19 bits per heavy atom. The SMILES string of the molecule is CCNCCCS(=O)(=O)NCc1ccccc1C(F)(F)F. The molecule has 1 rings (SSSR count). The maximum Gasteiger partial charge on any atom is 0.416 e. The van der Waals surface area contributed by atoms with Crippen LogP contribution in [0.3, 0.4) is 0 Å². The largest absolute Gasteiger partial charge is 0.416 e. The summed E-state index contributed by atoms with van der Waals surface area (Å²) in [6, 6.07) is 4.93. The van der Waals surface area contributed by atoms with Crippen LogP contribution in [0.25, 0.3) is 0 Å². The highest BCUT2D eigenvalue weighted by atomic mass is 32.2. The van der Waals surface area contributed by atoms with E-state index in [1.807, 2.05) is 6.92 Å². The lowest BCUT2D eigenvalue weighted by Gasteiger charge is -2.13. The van der Waals surface area contributed by atoms with Crippen LogP contribution in [-0.4, -0.2) is 27.3 Å². The summed E-state index contributed by atoms with van der Waals surface area (Å²) in [6.07, 6.45) is -4.09. The van der Waals surface area contributed by atoms with Crippen molar-refractivity contribution in [3.05, 3.63) is 35.4 Å². The first kappa shape index (κ1) is 17.9. The number of hydrogen-bond acceptors (Lipinski definition) is 3. The zero-order valence-electron chi connectivity index (χ0n) is 11.7. The van der Waals surface area contributed by atoms with E-state index in [2.05, 4.69) is 10.0 Å². The lowest BCUT2D eigenvalue weighted by Crippen LogP contribution is -2.28. The average Bonchev–Trinajstić information content (AvgIpc) is 2.41. The number of nitrogens with one attached hydrogen (secondary N) is 2. The van der Waals surface area contributed by atoms with Gasteiger partial charge in [-0.15, -0.1) is 0 Å². The molecule has 2 N–H and O–H groups in total. The van der Waals surface area contributed by atoms with E-state index in [-0.39, 0.29) is 17.9 Å². The van der Waals surface area contributed by atoms with Gasteiger partial charge in [0.15, 0.2) is 0 Å². The second kappa shape index (κ2) is 7.77. The van der Waals surface area contributed by atoms with Crippen molar-refractivity contribution in [3.8, 4) is 0 Å². The molecule has 0 aliphatic rings. The molecule has 0 radical (unpaired) electrons. The van der Waals surface area contributed by atoms with E-state index in [9.17, 15) is 21.6 Å².